The molecule has 0 spiro atoms. The first-order valence-corrected chi connectivity index (χ1v) is 4.90. The van der Waals surface area contributed by atoms with Crippen LogP contribution in [0.2, 0.25) is 0 Å². The Morgan fingerprint density at radius 3 is 2.75 bits per heavy atom. The standard InChI is InChI=1S/C11H12N2O3/c1-13-11(15)9(6-16-13)7-4-2-3-5-8(7)10(12)14/h2-5,9H,6H2,1H3,(H2,12,14)/t9-/m0/s1. The summed E-state index contributed by atoms with van der Waals surface area (Å²) in [5, 5.41) is 1.18. The smallest absolute Gasteiger partial charge is 0.255 e. The van der Waals surface area contributed by atoms with Gasteiger partial charge in [0.2, 0.25) is 5.91 Å². The molecule has 1 aliphatic heterocycles. The van der Waals surface area contributed by atoms with Crippen molar-refractivity contribution >= 4 is 11.8 Å². The molecular formula is C11H12N2O3. The summed E-state index contributed by atoms with van der Waals surface area (Å²) >= 11 is 0. The van der Waals surface area contributed by atoms with Crippen molar-refractivity contribution in [3.8, 4) is 0 Å². The van der Waals surface area contributed by atoms with Gasteiger partial charge in [-0.05, 0) is 11.6 Å². The molecule has 0 bridgehead atoms. The largest absolute Gasteiger partial charge is 0.366 e. The molecule has 1 atom stereocenters. The van der Waals surface area contributed by atoms with E-state index in [0.717, 1.165) is 0 Å². The lowest BCUT2D eigenvalue weighted by Gasteiger charge is -2.10. The number of nitrogens with two attached hydrogens (primary N) is 1. The molecule has 1 fully saturated rings. The normalized spacial score (nSPS) is 20.2. The maximum absolute atomic E-state index is 11.7. The molecule has 1 aromatic rings. The van der Waals surface area contributed by atoms with E-state index in [9.17, 15) is 9.59 Å². The minimum absolute atomic E-state index is 0.159. The number of primary amides is 1. The van der Waals surface area contributed by atoms with Gasteiger partial charge in [0.05, 0.1) is 12.5 Å². The second kappa shape index (κ2) is 3.94. The lowest BCUT2D eigenvalue weighted by atomic mass is 9.94. The van der Waals surface area contributed by atoms with Gasteiger partial charge in [0, 0.05) is 12.6 Å². The molecule has 1 heterocycles. The van der Waals surface area contributed by atoms with Gasteiger partial charge in [0.25, 0.3) is 5.91 Å². The first kappa shape index (κ1) is 10.6. The third kappa shape index (κ3) is 1.65. The molecule has 2 N–H and O–H groups in total. The number of amides is 2. The van der Waals surface area contributed by atoms with Gasteiger partial charge in [-0.2, -0.15) is 0 Å². The Hall–Kier alpha value is -1.88. The van der Waals surface area contributed by atoms with Gasteiger partial charge in [-0.15, -0.1) is 0 Å². The van der Waals surface area contributed by atoms with Gasteiger partial charge in [0.1, 0.15) is 0 Å². The third-order valence-electron chi connectivity index (χ3n) is 2.64. The average Bonchev–Trinajstić information content (AvgIpc) is 2.60. The highest BCUT2D eigenvalue weighted by molar-refractivity contribution is 5.97. The van der Waals surface area contributed by atoms with E-state index in [1.807, 2.05) is 0 Å². The molecule has 5 nitrogen and oxygen atoms in total. The van der Waals surface area contributed by atoms with Crippen molar-refractivity contribution in [2.75, 3.05) is 13.7 Å². The predicted molar refractivity (Wildman–Crippen MR) is 56.4 cm³/mol. The molecule has 2 amide bonds. The van der Waals surface area contributed by atoms with Crippen LogP contribution in [0.15, 0.2) is 24.3 Å². The number of rotatable bonds is 2. The molecule has 1 aromatic carbocycles. The third-order valence-corrected chi connectivity index (χ3v) is 2.64. The Balaban J connectivity index is 2.41. The molecule has 0 unspecified atom stereocenters. The van der Waals surface area contributed by atoms with Crippen LogP contribution in [0.1, 0.15) is 21.8 Å². The second-order valence-corrected chi connectivity index (χ2v) is 3.64. The highest BCUT2D eigenvalue weighted by atomic mass is 16.7. The molecule has 0 radical (unpaired) electrons. The zero-order valence-electron chi connectivity index (χ0n) is 8.84. The van der Waals surface area contributed by atoms with E-state index in [1.165, 1.54) is 5.06 Å². The Labute approximate surface area is 92.7 Å². The molecule has 1 saturated heterocycles. The first-order chi connectivity index (χ1) is 7.61. The summed E-state index contributed by atoms with van der Waals surface area (Å²) in [7, 11) is 1.55. The number of carbonyl (C=O) groups is 2. The zero-order valence-corrected chi connectivity index (χ0v) is 8.84. The average molecular weight is 220 g/mol. The fourth-order valence-electron chi connectivity index (χ4n) is 1.79. The maximum Gasteiger partial charge on any atom is 0.255 e. The van der Waals surface area contributed by atoms with Crippen LogP contribution in [0.3, 0.4) is 0 Å². The van der Waals surface area contributed by atoms with E-state index in [0.29, 0.717) is 11.1 Å². The quantitative estimate of drug-likeness (QED) is 0.777. The van der Waals surface area contributed by atoms with Crippen molar-refractivity contribution < 1.29 is 14.4 Å². The van der Waals surface area contributed by atoms with Crippen LogP contribution in [-0.2, 0) is 9.63 Å². The van der Waals surface area contributed by atoms with Crippen molar-refractivity contribution in [2.24, 2.45) is 5.73 Å². The molecule has 0 aliphatic carbocycles. The number of hydroxylamine groups is 2. The van der Waals surface area contributed by atoms with Gasteiger partial charge < -0.3 is 5.73 Å². The van der Waals surface area contributed by atoms with E-state index in [4.69, 9.17) is 10.6 Å². The van der Waals surface area contributed by atoms with Gasteiger partial charge in [-0.25, -0.2) is 5.06 Å². The summed E-state index contributed by atoms with van der Waals surface area (Å²) in [5.41, 5.74) is 6.26. The topological polar surface area (TPSA) is 72.6 Å². The summed E-state index contributed by atoms with van der Waals surface area (Å²) in [4.78, 5) is 28.1. The molecule has 0 saturated carbocycles. The zero-order chi connectivity index (χ0) is 11.7. The van der Waals surface area contributed by atoms with Crippen LogP contribution in [0.25, 0.3) is 0 Å². The SMILES string of the molecule is CN1OC[C@@H](c2ccccc2C(N)=O)C1=O. The summed E-state index contributed by atoms with van der Waals surface area (Å²) in [5.74, 6) is -1.12. The lowest BCUT2D eigenvalue weighted by molar-refractivity contribution is -0.154. The Morgan fingerprint density at radius 1 is 1.50 bits per heavy atom. The van der Waals surface area contributed by atoms with Gasteiger partial charge in [-0.1, -0.05) is 18.2 Å². The van der Waals surface area contributed by atoms with E-state index in [1.54, 1.807) is 31.3 Å². The van der Waals surface area contributed by atoms with Gasteiger partial charge in [-0.3, -0.25) is 14.4 Å². The van der Waals surface area contributed by atoms with Crippen molar-refractivity contribution in [1.82, 2.24) is 5.06 Å². The predicted octanol–water partition coefficient (Wildman–Crippen LogP) is 0.273. The van der Waals surface area contributed by atoms with E-state index in [-0.39, 0.29) is 12.5 Å². The highest BCUT2D eigenvalue weighted by Gasteiger charge is 2.33. The van der Waals surface area contributed by atoms with Crippen LogP contribution in [0, 0.1) is 0 Å². The van der Waals surface area contributed by atoms with Crippen molar-refractivity contribution in [1.29, 1.82) is 0 Å². The van der Waals surface area contributed by atoms with Crippen LogP contribution < -0.4 is 5.73 Å². The first-order valence-electron chi connectivity index (χ1n) is 4.90. The summed E-state index contributed by atoms with van der Waals surface area (Å²) in [6, 6.07) is 6.83. The van der Waals surface area contributed by atoms with Crippen LogP contribution in [0.5, 0.6) is 0 Å². The Morgan fingerprint density at radius 2 is 2.19 bits per heavy atom. The van der Waals surface area contributed by atoms with Crippen molar-refractivity contribution in [3.63, 3.8) is 0 Å². The number of hydrogen-bond donors (Lipinski definition) is 1. The maximum atomic E-state index is 11.7. The molecule has 16 heavy (non-hydrogen) atoms. The number of likely N-dealkylation sites (N-methyl/N-ethyl adjacent to an activating group) is 1. The lowest BCUT2D eigenvalue weighted by Crippen LogP contribution is -2.23. The second-order valence-electron chi connectivity index (χ2n) is 3.64. The fraction of sp³-hybridized carbons (Fsp3) is 0.273. The molecule has 84 valence electrons. The summed E-state index contributed by atoms with van der Waals surface area (Å²) in [6.45, 7) is 0.250. The van der Waals surface area contributed by atoms with Gasteiger partial charge >= 0.3 is 0 Å². The van der Waals surface area contributed by atoms with Crippen LogP contribution in [-0.4, -0.2) is 30.5 Å². The highest BCUT2D eigenvalue weighted by Crippen LogP contribution is 2.26. The van der Waals surface area contributed by atoms with Gasteiger partial charge in [0.15, 0.2) is 0 Å². The number of benzene rings is 1. The minimum atomic E-state index is -0.530. The summed E-state index contributed by atoms with van der Waals surface area (Å²) < 4.78 is 0. The monoisotopic (exact) mass is 220 g/mol. The fourth-order valence-corrected chi connectivity index (χ4v) is 1.79. The molecule has 5 heteroatoms. The molecule has 0 aromatic heterocycles. The minimum Gasteiger partial charge on any atom is -0.366 e. The number of carbonyl (C=O) groups excluding carboxylic acids is 2. The van der Waals surface area contributed by atoms with Crippen LogP contribution >= 0.6 is 0 Å². The molecule has 2 rings (SSSR count). The van der Waals surface area contributed by atoms with E-state index < -0.39 is 11.8 Å². The molecular weight excluding hydrogens is 208 g/mol. The number of hydrogen-bond acceptors (Lipinski definition) is 3. The molecule has 1 aliphatic rings. The van der Waals surface area contributed by atoms with E-state index in [2.05, 4.69) is 0 Å². The Kier molecular flexibility index (Phi) is 2.62. The van der Waals surface area contributed by atoms with Crippen molar-refractivity contribution in [2.45, 2.75) is 5.92 Å². The van der Waals surface area contributed by atoms with Crippen LogP contribution in [0.4, 0.5) is 0 Å². The summed E-state index contributed by atoms with van der Waals surface area (Å²) in [6.07, 6.45) is 0. The van der Waals surface area contributed by atoms with E-state index >= 15 is 0 Å². The van der Waals surface area contributed by atoms with Crippen molar-refractivity contribution in [3.05, 3.63) is 35.4 Å². The number of nitrogens with zero attached hydrogens (tertiary/aromatic N) is 1. The Bertz CT molecular complexity index is 445.